The number of ether oxygens (including phenoxy) is 1. The number of nitrogens with zero attached hydrogens (tertiary/aromatic N) is 1. The zero-order valence-corrected chi connectivity index (χ0v) is 16.4. The third kappa shape index (κ3) is 5.20. The number of benzene rings is 2. The lowest BCUT2D eigenvalue weighted by atomic mass is 9.89. The number of likely N-dealkylation sites (tertiary alicyclic amines) is 1. The van der Waals surface area contributed by atoms with Crippen LogP contribution in [0, 0.1) is 5.92 Å². The quantitative estimate of drug-likeness (QED) is 0.701. The molecule has 7 nitrogen and oxygen atoms in total. The Bertz CT molecular complexity index is 887. The van der Waals surface area contributed by atoms with Gasteiger partial charge in [-0.3, -0.25) is 19.3 Å². The number of nitrogens with one attached hydrogen (secondary N) is 1. The molecular weight excluding hydrogens is 370 g/mol. The van der Waals surface area contributed by atoms with Gasteiger partial charge in [-0.15, -0.1) is 0 Å². The van der Waals surface area contributed by atoms with Crippen molar-refractivity contribution in [3.05, 3.63) is 59.7 Å². The normalized spacial score (nSPS) is 14.9. The number of methoxy groups -OCH3 is 1. The Balaban J connectivity index is 1.51. The minimum Gasteiger partial charge on any atom is -0.497 e. The van der Waals surface area contributed by atoms with Crippen LogP contribution in [0.1, 0.15) is 33.6 Å². The van der Waals surface area contributed by atoms with E-state index in [2.05, 4.69) is 5.32 Å². The molecule has 2 aromatic carbocycles. The van der Waals surface area contributed by atoms with Gasteiger partial charge in [-0.05, 0) is 62.3 Å². The van der Waals surface area contributed by atoms with Crippen molar-refractivity contribution in [1.29, 1.82) is 0 Å². The van der Waals surface area contributed by atoms with E-state index in [1.807, 2.05) is 4.90 Å². The van der Waals surface area contributed by atoms with Crippen LogP contribution in [0.5, 0.6) is 5.75 Å². The van der Waals surface area contributed by atoms with Crippen molar-refractivity contribution < 1.29 is 19.1 Å². The number of primary amides is 1. The Morgan fingerprint density at radius 1 is 1.07 bits per heavy atom. The number of para-hydroxylation sites is 1. The average Bonchev–Trinajstić information content (AvgIpc) is 2.74. The lowest BCUT2D eigenvalue weighted by Crippen LogP contribution is -2.40. The molecule has 152 valence electrons. The third-order valence-electron chi connectivity index (χ3n) is 5.17. The smallest absolute Gasteiger partial charge is 0.250 e. The molecule has 7 heteroatoms. The Morgan fingerprint density at radius 2 is 1.72 bits per heavy atom. The molecule has 1 heterocycles. The van der Waals surface area contributed by atoms with Crippen molar-refractivity contribution in [3.63, 3.8) is 0 Å². The lowest BCUT2D eigenvalue weighted by molar-refractivity contribution is -0.117. The van der Waals surface area contributed by atoms with Crippen molar-refractivity contribution in [1.82, 2.24) is 4.90 Å². The van der Waals surface area contributed by atoms with Gasteiger partial charge in [0.05, 0.1) is 24.9 Å². The maximum Gasteiger partial charge on any atom is 0.250 e. The molecule has 0 radical (unpaired) electrons. The highest BCUT2D eigenvalue weighted by Gasteiger charge is 2.26. The molecule has 2 amide bonds. The van der Waals surface area contributed by atoms with Gasteiger partial charge < -0.3 is 15.8 Å². The minimum atomic E-state index is -0.584. The molecule has 29 heavy (non-hydrogen) atoms. The number of nitrogens with two attached hydrogens (primary N) is 1. The molecule has 0 aromatic heterocycles. The zero-order chi connectivity index (χ0) is 20.8. The molecule has 1 fully saturated rings. The Labute approximate surface area is 169 Å². The van der Waals surface area contributed by atoms with Gasteiger partial charge in [0.15, 0.2) is 5.78 Å². The van der Waals surface area contributed by atoms with Gasteiger partial charge in [-0.1, -0.05) is 12.1 Å². The van der Waals surface area contributed by atoms with E-state index in [-0.39, 0.29) is 29.7 Å². The van der Waals surface area contributed by atoms with Gasteiger partial charge in [-0.2, -0.15) is 0 Å². The molecule has 0 spiro atoms. The summed E-state index contributed by atoms with van der Waals surface area (Å²) in [6.07, 6.45) is 1.41. The van der Waals surface area contributed by atoms with Crippen molar-refractivity contribution >= 4 is 23.3 Å². The summed E-state index contributed by atoms with van der Waals surface area (Å²) < 4.78 is 5.13. The summed E-state index contributed by atoms with van der Waals surface area (Å²) in [6, 6.07) is 13.8. The van der Waals surface area contributed by atoms with Crippen LogP contribution >= 0.6 is 0 Å². The van der Waals surface area contributed by atoms with Crippen LogP contribution in [0.4, 0.5) is 5.69 Å². The van der Waals surface area contributed by atoms with Crippen LogP contribution in [-0.4, -0.2) is 49.2 Å². The lowest BCUT2D eigenvalue weighted by Gasteiger charge is -2.30. The van der Waals surface area contributed by atoms with Gasteiger partial charge in [0.25, 0.3) is 5.91 Å². The number of piperidine rings is 1. The summed E-state index contributed by atoms with van der Waals surface area (Å²) in [5.74, 6) is 0.0168. The van der Waals surface area contributed by atoms with Crippen LogP contribution in [0.25, 0.3) is 0 Å². The predicted octanol–water partition coefficient (Wildman–Crippen LogP) is 2.33. The van der Waals surface area contributed by atoms with Crippen LogP contribution in [0.2, 0.25) is 0 Å². The van der Waals surface area contributed by atoms with E-state index in [9.17, 15) is 14.4 Å². The fourth-order valence-corrected chi connectivity index (χ4v) is 3.54. The van der Waals surface area contributed by atoms with E-state index in [4.69, 9.17) is 10.5 Å². The number of anilines is 1. The van der Waals surface area contributed by atoms with Gasteiger partial charge in [0.2, 0.25) is 5.91 Å². The van der Waals surface area contributed by atoms with Crippen LogP contribution < -0.4 is 15.8 Å². The summed E-state index contributed by atoms with van der Waals surface area (Å²) in [5.41, 5.74) is 6.72. The summed E-state index contributed by atoms with van der Waals surface area (Å²) >= 11 is 0. The van der Waals surface area contributed by atoms with Crippen LogP contribution in [-0.2, 0) is 4.79 Å². The molecule has 0 atom stereocenters. The number of amides is 2. The first-order chi connectivity index (χ1) is 14.0. The van der Waals surface area contributed by atoms with Crippen molar-refractivity contribution in [2.75, 3.05) is 32.1 Å². The van der Waals surface area contributed by atoms with Crippen LogP contribution in [0.3, 0.4) is 0 Å². The Morgan fingerprint density at radius 3 is 2.34 bits per heavy atom. The van der Waals surface area contributed by atoms with E-state index in [1.54, 1.807) is 55.6 Å². The maximum atomic E-state index is 12.7. The van der Waals surface area contributed by atoms with Gasteiger partial charge in [0.1, 0.15) is 5.75 Å². The Kier molecular flexibility index (Phi) is 6.61. The third-order valence-corrected chi connectivity index (χ3v) is 5.17. The average molecular weight is 395 g/mol. The van der Waals surface area contributed by atoms with Crippen LogP contribution in [0.15, 0.2) is 48.5 Å². The van der Waals surface area contributed by atoms with Gasteiger partial charge in [-0.25, -0.2) is 0 Å². The second-order valence-electron chi connectivity index (χ2n) is 7.10. The number of ketones is 1. The summed E-state index contributed by atoms with van der Waals surface area (Å²) in [7, 11) is 1.59. The first-order valence-corrected chi connectivity index (χ1v) is 9.57. The Hall–Kier alpha value is -3.19. The van der Waals surface area contributed by atoms with Crippen molar-refractivity contribution in [3.8, 4) is 5.75 Å². The minimum absolute atomic E-state index is 0.0432. The van der Waals surface area contributed by atoms with Crippen molar-refractivity contribution in [2.45, 2.75) is 12.8 Å². The monoisotopic (exact) mass is 395 g/mol. The molecule has 0 unspecified atom stereocenters. The number of carbonyl (C=O) groups excluding carboxylic acids is 3. The van der Waals surface area contributed by atoms with E-state index in [0.717, 1.165) is 5.75 Å². The number of carbonyl (C=O) groups is 3. The molecule has 0 aliphatic carbocycles. The topological polar surface area (TPSA) is 102 Å². The summed E-state index contributed by atoms with van der Waals surface area (Å²) in [5, 5.41) is 2.75. The standard InChI is InChI=1S/C22H25N3O4/c1-29-17-8-6-15(7-9-17)21(27)16-10-12-25(13-11-16)14-20(26)24-19-5-3-2-4-18(19)22(23)28/h2-9,16H,10-14H2,1H3,(H2,23,28)(H,24,26). The summed E-state index contributed by atoms with van der Waals surface area (Å²) in [4.78, 5) is 38.5. The van der Waals surface area contributed by atoms with Gasteiger partial charge in [0, 0.05) is 11.5 Å². The molecule has 1 aliphatic heterocycles. The molecule has 3 N–H and O–H groups in total. The molecule has 1 saturated heterocycles. The maximum absolute atomic E-state index is 12.7. The van der Waals surface area contributed by atoms with Crippen molar-refractivity contribution in [2.24, 2.45) is 11.7 Å². The highest BCUT2D eigenvalue weighted by molar-refractivity contribution is 6.03. The second kappa shape index (κ2) is 9.34. The first-order valence-electron chi connectivity index (χ1n) is 9.57. The summed E-state index contributed by atoms with van der Waals surface area (Å²) in [6.45, 7) is 1.53. The zero-order valence-electron chi connectivity index (χ0n) is 16.4. The molecule has 0 saturated carbocycles. The molecular formula is C22H25N3O4. The number of rotatable bonds is 7. The molecule has 1 aliphatic rings. The van der Waals surface area contributed by atoms with Gasteiger partial charge >= 0.3 is 0 Å². The number of Topliss-reactive ketones (excluding diaryl/α,β-unsaturated/α-hetero) is 1. The highest BCUT2D eigenvalue weighted by Crippen LogP contribution is 2.23. The first kappa shape index (κ1) is 20.5. The fraction of sp³-hybridized carbons (Fsp3) is 0.318. The molecule has 3 rings (SSSR count). The molecule has 2 aromatic rings. The fourth-order valence-electron chi connectivity index (χ4n) is 3.54. The van der Waals surface area contributed by atoms with E-state index in [0.29, 0.717) is 37.2 Å². The van der Waals surface area contributed by atoms with E-state index in [1.165, 1.54) is 0 Å². The largest absolute Gasteiger partial charge is 0.497 e. The predicted molar refractivity (Wildman–Crippen MR) is 110 cm³/mol. The molecule has 0 bridgehead atoms. The van der Waals surface area contributed by atoms with E-state index >= 15 is 0 Å². The highest BCUT2D eigenvalue weighted by atomic mass is 16.5. The van der Waals surface area contributed by atoms with E-state index < -0.39 is 5.91 Å². The second-order valence-corrected chi connectivity index (χ2v) is 7.10. The number of hydrogen-bond acceptors (Lipinski definition) is 5. The number of hydrogen-bond donors (Lipinski definition) is 2. The SMILES string of the molecule is COc1ccc(C(=O)C2CCN(CC(=O)Nc3ccccc3C(N)=O)CC2)cc1.